The molecule has 7 heteroatoms. The molecule has 0 saturated heterocycles. The summed E-state index contributed by atoms with van der Waals surface area (Å²) in [5, 5.41) is 2.76. The summed E-state index contributed by atoms with van der Waals surface area (Å²) in [4.78, 5) is 26.1. The molecule has 3 rings (SSSR count). The van der Waals surface area contributed by atoms with Crippen molar-refractivity contribution >= 4 is 23.6 Å². The second-order valence-electron chi connectivity index (χ2n) is 7.37. The number of anilines is 1. The minimum Gasteiger partial charge on any atom is -0.497 e. The first-order valence-electron chi connectivity index (χ1n) is 10.2. The van der Waals surface area contributed by atoms with Crippen LogP contribution in [0.15, 0.2) is 42.5 Å². The van der Waals surface area contributed by atoms with Gasteiger partial charge in [-0.25, -0.2) is 0 Å². The molecule has 2 aromatic rings. The Bertz CT molecular complexity index is 969. The molecule has 0 spiro atoms. The van der Waals surface area contributed by atoms with Crippen LogP contribution in [0, 0.1) is 0 Å². The number of fused-ring (bicyclic) bond motifs is 1. The molecule has 0 radical (unpaired) electrons. The highest BCUT2D eigenvalue weighted by Gasteiger charge is 2.21. The Morgan fingerprint density at radius 1 is 1.26 bits per heavy atom. The number of ether oxygens (including phenoxy) is 3. The van der Waals surface area contributed by atoms with Gasteiger partial charge in [0, 0.05) is 36.4 Å². The summed E-state index contributed by atoms with van der Waals surface area (Å²) in [6, 6.07) is 10.9. The van der Waals surface area contributed by atoms with Gasteiger partial charge in [0.2, 0.25) is 11.8 Å². The Labute approximate surface area is 182 Å². The van der Waals surface area contributed by atoms with Crippen LogP contribution in [0.5, 0.6) is 17.2 Å². The standard InChI is InChI=1S/C24H28N2O5/c1-5-30-21-14-18-12-16(2)31-22(18)13-17(21)6-11-24(28)26(3)15-23(27)25-19-7-9-20(29-4)10-8-19/h6-11,13-14,16H,5,12,15H2,1-4H3,(H,25,27)/b11-6+/t16-/m0/s1. The molecule has 164 valence electrons. The number of rotatable bonds is 8. The number of hydrogen-bond donors (Lipinski definition) is 1. The number of nitrogens with one attached hydrogen (secondary N) is 1. The van der Waals surface area contributed by atoms with Gasteiger partial charge in [-0.2, -0.15) is 0 Å². The highest BCUT2D eigenvalue weighted by atomic mass is 16.5. The fourth-order valence-electron chi connectivity index (χ4n) is 3.32. The monoisotopic (exact) mass is 424 g/mol. The van der Waals surface area contributed by atoms with Crippen LogP contribution in [0.2, 0.25) is 0 Å². The summed E-state index contributed by atoms with van der Waals surface area (Å²) in [6.45, 7) is 4.39. The number of benzene rings is 2. The van der Waals surface area contributed by atoms with Crippen molar-refractivity contribution in [1.82, 2.24) is 4.90 Å². The number of carbonyl (C=O) groups excluding carboxylic acids is 2. The quantitative estimate of drug-likeness (QED) is 0.656. The third kappa shape index (κ3) is 5.78. The lowest BCUT2D eigenvalue weighted by Gasteiger charge is -2.15. The van der Waals surface area contributed by atoms with Gasteiger partial charge in [-0.05, 0) is 56.3 Å². The Morgan fingerprint density at radius 3 is 2.68 bits per heavy atom. The minimum absolute atomic E-state index is 0.0711. The van der Waals surface area contributed by atoms with E-state index < -0.39 is 0 Å². The number of likely N-dealkylation sites (N-methyl/N-ethyl adjacent to an activating group) is 1. The van der Waals surface area contributed by atoms with Crippen LogP contribution in [0.3, 0.4) is 0 Å². The minimum atomic E-state index is -0.290. The predicted octanol–water partition coefficient (Wildman–Crippen LogP) is 3.53. The third-order valence-electron chi connectivity index (χ3n) is 4.86. The fourth-order valence-corrected chi connectivity index (χ4v) is 3.32. The number of hydrogen-bond acceptors (Lipinski definition) is 5. The van der Waals surface area contributed by atoms with Crippen LogP contribution in [-0.2, 0) is 16.0 Å². The predicted molar refractivity (Wildman–Crippen MR) is 120 cm³/mol. The molecule has 0 saturated carbocycles. The lowest BCUT2D eigenvalue weighted by Crippen LogP contribution is -2.33. The normalized spacial score (nSPS) is 14.6. The second kappa shape index (κ2) is 10.0. The van der Waals surface area contributed by atoms with Gasteiger partial charge in [0.1, 0.15) is 23.4 Å². The van der Waals surface area contributed by atoms with E-state index in [0.29, 0.717) is 23.8 Å². The SMILES string of the molecule is CCOc1cc2c(cc1/C=C/C(=O)N(C)CC(=O)Nc1ccc(OC)cc1)O[C@@H](C)C2. The molecule has 0 unspecified atom stereocenters. The van der Waals surface area contributed by atoms with Crippen molar-refractivity contribution in [3.8, 4) is 17.2 Å². The summed E-state index contributed by atoms with van der Waals surface area (Å²) < 4.78 is 16.6. The lowest BCUT2D eigenvalue weighted by atomic mass is 10.1. The van der Waals surface area contributed by atoms with Crippen LogP contribution < -0.4 is 19.5 Å². The molecule has 7 nitrogen and oxygen atoms in total. The Morgan fingerprint density at radius 2 is 2.00 bits per heavy atom. The molecule has 0 aliphatic carbocycles. The van der Waals surface area contributed by atoms with E-state index >= 15 is 0 Å². The lowest BCUT2D eigenvalue weighted by molar-refractivity contribution is -0.129. The average molecular weight is 424 g/mol. The van der Waals surface area contributed by atoms with E-state index in [9.17, 15) is 9.59 Å². The van der Waals surface area contributed by atoms with E-state index in [4.69, 9.17) is 14.2 Å². The molecule has 2 aromatic carbocycles. The Kier molecular flexibility index (Phi) is 7.18. The summed E-state index contributed by atoms with van der Waals surface area (Å²) in [7, 11) is 3.16. The molecule has 2 amide bonds. The topological polar surface area (TPSA) is 77.1 Å². The van der Waals surface area contributed by atoms with Crippen molar-refractivity contribution < 1.29 is 23.8 Å². The molecule has 31 heavy (non-hydrogen) atoms. The molecule has 1 N–H and O–H groups in total. The molecular weight excluding hydrogens is 396 g/mol. The zero-order valence-electron chi connectivity index (χ0n) is 18.3. The maximum absolute atomic E-state index is 12.5. The number of amides is 2. The Balaban J connectivity index is 1.62. The van der Waals surface area contributed by atoms with E-state index in [-0.39, 0.29) is 24.5 Å². The van der Waals surface area contributed by atoms with Gasteiger partial charge in [0.15, 0.2) is 0 Å². The molecule has 0 bridgehead atoms. The van der Waals surface area contributed by atoms with Crippen LogP contribution in [0.1, 0.15) is 25.0 Å². The molecule has 0 aromatic heterocycles. The first-order chi connectivity index (χ1) is 14.9. The fraction of sp³-hybridized carbons (Fsp3) is 0.333. The van der Waals surface area contributed by atoms with Crippen molar-refractivity contribution in [3.63, 3.8) is 0 Å². The largest absolute Gasteiger partial charge is 0.497 e. The maximum Gasteiger partial charge on any atom is 0.246 e. The van der Waals surface area contributed by atoms with E-state index in [1.54, 1.807) is 44.5 Å². The van der Waals surface area contributed by atoms with Gasteiger partial charge in [-0.1, -0.05) is 0 Å². The van der Waals surface area contributed by atoms with Crippen LogP contribution in [-0.4, -0.2) is 50.1 Å². The highest BCUT2D eigenvalue weighted by molar-refractivity contribution is 5.98. The van der Waals surface area contributed by atoms with Crippen LogP contribution >= 0.6 is 0 Å². The smallest absolute Gasteiger partial charge is 0.246 e. The van der Waals surface area contributed by atoms with Gasteiger partial charge in [-0.3, -0.25) is 9.59 Å². The Hall–Kier alpha value is -3.48. The summed E-state index contributed by atoms with van der Waals surface area (Å²) in [5.41, 5.74) is 2.50. The van der Waals surface area contributed by atoms with Crippen molar-refractivity contribution in [2.24, 2.45) is 0 Å². The molecule has 1 aliphatic heterocycles. The van der Waals surface area contributed by atoms with Crippen LogP contribution in [0.25, 0.3) is 6.08 Å². The average Bonchev–Trinajstić information content (AvgIpc) is 3.11. The summed E-state index contributed by atoms with van der Waals surface area (Å²) in [5.74, 6) is 1.65. The van der Waals surface area contributed by atoms with Crippen molar-refractivity contribution in [3.05, 3.63) is 53.6 Å². The molecule has 1 atom stereocenters. The van der Waals surface area contributed by atoms with Gasteiger partial charge in [0.25, 0.3) is 0 Å². The van der Waals surface area contributed by atoms with E-state index in [1.807, 2.05) is 26.0 Å². The highest BCUT2D eigenvalue weighted by Crippen LogP contribution is 2.35. The first kappa shape index (κ1) is 22.2. The van der Waals surface area contributed by atoms with Crippen molar-refractivity contribution in [2.45, 2.75) is 26.4 Å². The van der Waals surface area contributed by atoms with Gasteiger partial charge >= 0.3 is 0 Å². The van der Waals surface area contributed by atoms with Gasteiger partial charge in [-0.15, -0.1) is 0 Å². The van der Waals surface area contributed by atoms with Crippen LogP contribution in [0.4, 0.5) is 5.69 Å². The maximum atomic E-state index is 12.5. The first-order valence-corrected chi connectivity index (χ1v) is 10.2. The molecule has 1 heterocycles. The number of carbonyl (C=O) groups is 2. The zero-order chi connectivity index (χ0) is 22.4. The van der Waals surface area contributed by atoms with Crippen molar-refractivity contribution in [2.75, 3.05) is 32.6 Å². The number of methoxy groups -OCH3 is 1. The number of nitrogens with zero attached hydrogens (tertiary/aromatic N) is 1. The third-order valence-corrected chi connectivity index (χ3v) is 4.86. The van der Waals surface area contributed by atoms with Gasteiger partial charge < -0.3 is 24.4 Å². The zero-order valence-corrected chi connectivity index (χ0v) is 18.3. The van der Waals surface area contributed by atoms with Gasteiger partial charge in [0.05, 0.1) is 20.3 Å². The molecule has 1 aliphatic rings. The van der Waals surface area contributed by atoms with E-state index in [0.717, 1.165) is 23.3 Å². The second-order valence-corrected chi connectivity index (χ2v) is 7.37. The summed E-state index contributed by atoms with van der Waals surface area (Å²) >= 11 is 0. The van der Waals surface area contributed by atoms with Crippen molar-refractivity contribution in [1.29, 1.82) is 0 Å². The molecular formula is C24H28N2O5. The van der Waals surface area contributed by atoms with E-state index in [1.165, 1.54) is 11.0 Å². The van der Waals surface area contributed by atoms with E-state index in [2.05, 4.69) is 5.32 Å². The summed E-state index contributed by atoms with van der Waals surface area (Å²) in [6.07, 6.45) is 4.09. The molecule has 0 fully saturated rings.